The molecule has 0 aliphatic rings. The summed E-state index contributed by atoms with van der Waals surface area (Å²) in [6.07, 6.45) is 3.69. The number of carbonyl (C=O) groups excluding carboxylic acids is 1. The molecule has 2 aromatic heterocycles. The first-order valence-electron chi connectivity index (χ1n) is 8.98. The maximum absolute atomic E-state index is 12.5. The summed E-state index contributed by atoms with van der Waals surface area (Å²) in [6, 6.07) is 11.4. The number of non-ortho nitro benzene ring substituents is 2. The van der Waals surface area contributed by atoms with E-state index in [0.29, 0.717) is 17.2 Å². The molecule has 2 aromatic carbocycles. The van der Waals surface area contributed by atoms with E-state index in [9.17, 15) is 25.0 Å². The number of hydrogen-bond acceptors (Lipinski definition) is 7. The van der Waals surface area contributed by atoms with Crippen LogP contribution in [0.2, 0.25) is 0 Å². The van der Waals surface area contributed by atoms with Crippen LogP contribution in [0.5, 0.6) is 0 Å². The lowest BCUT2D eigenvalue weighted by molar-refractivity contribution is -0.394. The van der Waals surface area contributed by atoms with Crippen molar-refractivity contribution in [1.29, 1.82) is 0 Å². The van der Waals surface area contributed by atoms with Gasteiger partial charge >= 0.3 is 0 Å². The SMILES string of the molecule is Cc1ccn2cc(-c3ccc(NC(=O)c4cc([N+](=O)[O-])cc([N+](=O)[O-])c4)cc3)nc2n1. The molecule has 0 aliphatic carbocycles. The van der Waals surface area contributed by atoms with Gasteiger partial charge in [0.15, 0.2) is 0 Å². The number of nitrogens with zero attached hydrogens (tertiary/aromatic N) is 5. The highest BCUT2D eigenvalue weighted by atomic mass is 16.6. The van der Waals surface area contributed by atoms with E-state index in [-0.39, 0.29) is 5.56 Å². The van der Waals surface area contributed by atoms with Gasteiger partial charge in [0, 0.05) is 41.5 Å². The minimum Gasteiger partial charge on any atom is -0.322 e. The van der Waals surface area contributed by atoms with Gasteiger partial charge in [-0.05, 0) is 25.1 Å². The van der Waals surface area contributed by atoms with E-state index in [1.54, 1.807) is 28.7 Å². The molecule has 11 heteroatoms. The molecule has 11 nitrogen and oxygen atoms in total. The zero-order valence-corrected chi connectivity index (χ0v) is 16.1. The minimum atomic E-state index is -0.788. The van der Waals surface area contributed by atoms with Crippen LogP contribution in [0.1, 0.15) is 16.1 Å². The maximum Gasteiger partial charge on any atom is 0.277 e. The first-order chi connectivity index (χ1) is 14.8. The van der Waals surface area contributed by atoms with Gasteiger partial charge < -0.3 is 5.32 Å². The predicted molar refractivity (Wildman–Crippen MR) is 111 cm³/mol. The Morgan fingerprint density at radius 2 is 1.61 bits per heavy atom. The third-order valence-corrected chi connectivity index (χ3v) is 4.49. The monoisotopic (exact) mass is 418 g/mol. The Morgan fingerprint density at radius 1 is 0.968 bits per heavy atom. The highest BCUT2D eigenvalue weighted by Crippen LogP contribution is 2.25. The van der Waals surface area contributed by atoms with Crippen molar-refractivity contribution in [3.63, 3.8) is 0 Å². The van der Waals surface area contributed by atoms with Crippen LogP contribution >= 0.6 is 0 Å². The number of amides is 1. The van der Waals surface area contributed by atoms with Crippen LogP contribution < -0.4 is 5.32 Å². The Kier molecular flexibility index (Phi) is 4.83. The first-order valence-corrected chi connectivity index (χ1v) is 8.98. The summed E-state index contributed by atoms with van der Waals surface area (Å²) in [7, 11) is 0. The summed E-state index contributed by atoms with van der Waals surface area (Å²) in [5.41, 5.74) is 1.50. The molecule has 2 heterocycles. The second-order valence-electron chi connectivity index (χ2n) is 6.69. The fraction of sp³-hybridized carbons (Fsp3) is 0.0500. The number of fused-ring (bicyclic) bond motifs is 1. The normalized spacial score (nSPS) is 10.7. The zero-order chi connectivity index (χ0) is 22.1. The number of rotatable bonds is 5. The fourth-order valence-electron chi connectivity index (χ4n) is 2.96. The molecular formula is C20H14N6O5. The van der Waals surface area contributed by atoms with Crippen LogP contribution in [0.25, 0.3) is 17.0 Å². The average molecular weight is 418 g/mol. The molecule has 0 radical (unpaired) electrons. The van der Waals surface area contributed by atoms with Crippen molar-refractivity contribution >= 4 is 28.7 Å². The number of nitro benzene ring substituents is 2. The van der Waals surface area contributed by atoms with Crippen LogP contribution in [0, 0.1) is 27.2 Å². The number of hydrogen-bond donors (Lipinski definition) is 1. The first kappa shape index (κ1) is 19.6. The van der Waals surface area contributed by atoms with E-state index in [1.807, 2.05) is 25.4 Å². The van der Waals surface area contributed by atoms with E-state index in [1.165, 1.54) is 0 Å². The molecule has 0 atom stereocenters. The van der Waals surface area contributed by atoms with E-state index >= 15 is 0 Å². The van der Waals surface area contributed by atoms with Gasteiger partial charge in [-0.2, -0.15) is 0 Å². The van der Waals surface area contributed by atoms with Crippen molar-refractivity contribution in [3.05, 3.63) is 92.4 Å². The summed E-state index contributed by atoms with van der Waals surface area (Å²) < 4.78 is 1.80. The summed E-state index contributed by atoms with van der Waals surface area (Å²) in [6.45, 7) is 1.88. The van der Waals surface area contributed by atoms with Gasteiger partial charge in [0.1, 0.15) is 0 Å². The smallest absolute Gasteiger partial charge is 0.277 e. The average Bonchev–Trinajstić information content (AvgIpc) is 3.17. The van der Waals surface area contributed by atoms with Gasteiger partial charge in [-0.15, -0.1) is 0 Å². The fourth-order valence-corrected chi connectivity index (χ4v) is 2.96. The Labute approximate surface area is 174 Å². The number of anilines is 1. The van der Waals surface area contributed by atoms with Gasteiger partial charge in [0.2, 0.25) is 5.78 Å². The molecular weight excluding hydrogens is 404 g/mol. The van der Waals surface area contributed by atoms with E-state index in [2.05, 4.69) is 15.3 Å². The molecule has 1 amide bonds. The molecule has 0 bridgehead atoms. The van der Waals surface area contributed by atoms with Gasteiger partial charge in [0.05, 0.1) is 27.2 Å². The standard InChI is InChI=1S/C20H14N6O5/c1-12-6-7-24-11-18(23-20(24)21-12)13-2-4-15(5-3-13)22-19(27)14-8-16(25(28)29)10-17(9-14)26(30)31/h2-11H,1H3,(H,22,27). The van der Waals surface area contributed by atoms with Crippen LogP contribution in [0.3, 0.4) is 0 Å². The zero-order valence-electron chi connectivity index (χ0n) is 16.1. The number of aryl methyl sites for hydroxylation is 1. The Hall–Kier alpha value is -4.67. The molecule has 0 fully saturated rings. The molecule has 0 spiro atoms. The lowest BCUT2D eigenvalue weighted by Crippen LogP contribution is -2.12. The molecule has 0 aliphatic heterocycles. The van der Waals surface area contributed by atoms with Crippen LogP contribution in [-0.4, -0.2) is 30.1 Å². The summed E-state index contributed by atoms with van der Waals surface area (Å²) in [5, 5.41) is 24.6. The summed E-state index contributed by atoms with van der Waals surface area (Å²) in [5.74, 6) is -0.133. The number of imidazole rings is 1. The number of aromatic nitrogens is 3. The quantitative estimate of drug-likeness (QED) is 0.383. The number of nitrogens with one attached hydrogen (secondary N) is 1. The van der Waals surface area contributed by atoms with Crippen molar-refractivity contribution in [2.24, 2.45) is 0 Å². The third-order valence-electron chi connectivity index (χ3n) is 4.49. The lowest BCUT2D eigenvalue weighted by Gasteiger charge is -2.06. The van der Waals surface area contributed by atoms with Crippen molar-refractivity contribution in [2.45, 2.75) is 6.92 Å². The molecule has 4 aromatic rings. The Bertz CT molecular complexity index is 1310. The largest absolute Gasteiger partial charge is 0.322 e. The minimum absolute atomic E-state index is 0.188. The topological polar surface area (TPSA) is 146 Å². The van der Waals surface area contributed by atoms with Crippen molar-refractivity contribution in [3.8, 4) is 11.3 Å². The second kappa shape index (κ2) is 7.63. The molecule has 1 N–H and O–H groups in total. The summed E-state index contributed by atoms with van der Waals surface area (Å²) in [4.78, 5) is 41.7. The molecule has 31 heavy (non-hydrogen) atoms. The predicted octanol–water partition coefficient (Wildman–Crippen LogP) is 3.77. The lowest BCUT2D eigenvalue weighted by atomic mass is 10.1. The molecule has 4 rings (SSSR count). The van der Waals surface area contributed by atoms with E-state index < -0.39 is 27.1 Å². The number of carbonyl (C=O) groups is 1. The molecule has 0 saturated heterocycles. The van der Waals surface area contributed by atoms with Crippen LogP contribution in [-0.2, 0) is 0 Å². The van der Waals surface area contributed by atoms with Gasteiger partial charge in [-0.25, -0.2) is 9.97 Å². The highest BCUT2D eigenvalue weighted by Gasteiger charge is 2.20. The molecule has 0 saturated carbocycles. The van der Waals surface area contributed by atoms with Crippen molar-refractivity contribution in [1.82, 2.24) is 14.4 Å². The van der Waals surface area contributed by atoms with Gasteiger partial charge in [-0.1, -0.05) is 12.1 Å². The number of benzene rings is 2. The Morgan fingerprint density at radius 3 is 2.23 bits per heavy atom. The van der Waals surface area contributed by atoms with Gasteiger partial charge in [0.25, 0.3) is 17.3 Å². The van der Waals surface area contributed by atoms with Crippen LogP contribution in [0.4, 0.5) is 17.1 Å². The van der Waals surface area contributed by atoms with Gasteiger partial charge in [-0.3, -0.25) is 29.4 Å². The third kappa shape index (κ3) is 4.05. The summed E-state index contributed by atoms with van der Waals surface area (Å²) >= 11 is 0. The second-order valence-corrected chi connectivity index (χ2v) is 6.69. The molecule has 154 valence electrons. The molecule has 0 unspecified atom stereocenters. The van der Waals surface area contributed by atoms with Crippen LogP contribution in [0.15, 0.2) is 60.9 Å². The van der Waals surface area contributed by atoms with Crippen molar-refractivity contribution in [2.75, 3.05) is 5.32 Å². The highest BCUT2D eigenvalue weighted by molar-refractivity contribution is 6.05. The Balaban J connectivity index is 1.56. The van der Waals surface area contributed by atoms with Crippen molar-refractivity contribution < 1.29 is 14.6 Å². The maximum atomic E-state index is 12.5. The number of nitro groups is 2. The van der Waals surface area contributed by atoms with E-state index in [0.717, 1.165) is 29.5 Å². The van der Waals surface area contributed by atoms with E-state index in [4.69, 9.17) is 0 Å².